The van der Waals surface area contributed by atoms with Crippen LogP contribution in [0.2, 0.25) is 0 Å². The molecule has 0 amide bonds. The van der Waals surface area contributed by atoms with Crippen LogP contribution in [-0.4, -0.2) is 0 Å². The summed E-state index contributed by atoms with van der Waals surface area (Å²) in [6.07, 6.45) is 0. The Morgan fingerprint density at radius 2 is 1.67 bits per heavy atom. The first-order valence-electron chi connectivity index (χ1n) is 5.01. The highest BCUT2D eigenvalue weighted by molar-refractivity contribution is 5.83. The monoisotopic (exact) mass is 201 g/mol. The Labute approximate surface area is 89.6 Å². The highest BCUT2D eigenvalue weighted by Gasteiger charge is 2.20. The van der Waals surface area contributed by atoms with Crippen LogP contribution in [-0.2, 0) is 10.4 Å². The van der Waals surface area contributed by atoms with Crippen molar-refractivity contribution >= 4 is 10.8 Å². The molecule has 2 aromatic rings. The lowest BCUT2D eigenvalue weighted by Gasteiger charge is -2.22. The minimum absolute atomic E-state index is 0.440. The first kappa shape index (κ1) is 10.1. The molecule has 0 atom stereocenters. The molecule has 2 nitrogen and oxygen atoms in total. The van der Waals surface area contributed by atoms with Gasteiger partial charge in [-0.15, -0.1) is 0 Å². The van der Waals surface area contributed by atoms with Crippen molar-refractivity contribution in [1.29, 1.82) is 0 Å². The standard InChI is InChI=1S/C13H15NO/c1-13(2,15-14)12-8-7-10-5-3-4-6-11(10)9-12/h3-9H,14H2,1-2H3. The average Bonchev–Trinajstić information content (AvgIpc) is 2.28. The number of benzene rings is 2. The highest BCUT2D eigenvalue weighted by Crippen LogP contribution is 2.26. The number of nitrogens with two attached hydrogens (primary N) is 1. The smallest absolute Gasteiger partial charge is 0.109 e. The lowest BCUT2D eigenvalue weighted by molar-refractivity contribution is -0.0235. The van der Waals surface area contributed by atoms with E-state index in [2.05, 4.69) is 30.3 Å². The molecule has 15 heavy (non-hydrogen) atoms. The van der Waals surface area contributed by atoms with E-state index in [0.29, 0.717) is 0 Å². The predicted molar refractivity (Wildman–Crippen MR) is 62.2 cm³/mol. The van der Waals surface area contributed by atoms with Crippen LogP contribution in [0.5, 0.6) is 0 Å². The van der Waals surface area contributed by atoms with E-state index >= 15 is 0 Å². The summed E-state index contributed by atoms with van der Waals surface area (Å²) in [5, 5.41) is 2.44. The summed E-state index contributed by atoms with van der Waals surface area (Å²) in [4.78, 5) is 4.97. The van der Waals surface area contributed by atoms with Crippen molar-refractivity contribution in [3.05, 3.63) is 48.0 Å². The quantitative estimate of drug-likeness (QED) is 0.758. The summed E-state index contributed by atoms with van der Waals surface area (Å²) in [5.41, 5.74) is 0.646. The second kappa shape index (κ2) is 3.65. The molecule has 0 radical (unpaired) electrons. The predicted octanol–water partition coefficient (Wildman–Crippen LogP) is 2.97. The van der Waals surface area contributed by atoms with Gasteiger partial charge in [0.05, 0.1) is 0 Å². The fourth-order valence-electron chi connectivity index (χ4n) is 1.63. The Bertz CT molecular complexity index is 477. The third-order valence-electron chi connectivity index (χ3n) is 2.74. The largest absolute Gasteiger partial charge is 0.294 e. The van der Waals surface area contributed by atoms with Gasteiger partial charge in [0.15, 0.2) is 0 Å². The van der Waals surface area contributed by atoms with Gasteiger partial charge >= 0.3 is 0 Å². The van der Waals surface area contributed by atoms with Gasteiger partial charge in [0.2, 0.25) is 0 Å². The van der Waals surface area contributed by atoms with E-state index in [1.807, 2.05) is 26.0 Å². The Hall–Kier alpha value is -1.38. The zero-order valence-electron chi connectivity index (χ0n) is 9.03. The molecule has 0 aliphatic carbocycles. The molecule has 2 aromatic carbocycles. The van der Waals surface area contributed by atoms with Crippen LogP contribution in [0.15, 0.2) is 42.5 Å². The van der Waals surface area contributed by atoms with Crippen LogP contribution in [0.4, 0.5) is 0 Å². The maximum absolute atomic E-state index is 5.28. The third-order valence-corrected chi connectivity index (χ3v) is 2.74. The van der Waals surface area contributed by atoms with Crippen LogP contribution in [0, 0.1) is 0 Å². The number of hydrogen-bond donors (Lipinski definition) is 1. The molecular formula is C13H15NO. The minimum Gasteiger partial charge on any atom is -0.294 e. The van der Waals surface area contributed by atoms with Gasteiger partial charge in [-0.25, -0.2) is 5.90 Å². The van der Waals surface area contributed by atoms with Crippen LogP contribution >= 0.6 is 0 Å². The van der Waals surface area contributed by atoms with Crippen molar-refractivity contribution in [1.82, 2.24) is 0 Å². The van der Waals surface area contributed by atoms with Crippen molar-refractivity contribution in [3.63, 3.8) is 0 Å². The molecule has 2 rings (SSSR count). The van der Waals surface area contributed by atoms with Crippen LogP contribution in [0.25, 0.3) is 10.8 Å². The van der Waals surface area contributed by atoms with E-state index in [1.165, 1.54) is 10.8 Å². The summed E-state index contributed by atoms with van der Waals surface area (Å²) in [7, 11) is 0. The molecule has 0 unspecified atom stereocenters. The van der Waals surface area contributed by atoms with Crippen LogP contribution in [0.3, 0.4) is 0 Å². The van der Waals surface area contributed by atoms with Crippen molar-refractivity contribution in [2.75, 3.05) is 0 Å². The van der Waals surface area contributed by atoms with Crippen LogP contribution < -0.4 is 5.90 Å². The van der Waals surface area contributed by atoms with E-state index in [0.717, 1.165) is 5.56 Å². The van der Waals surface area contributed by atoms with Gasteiger partial charge < -0.3 is 0 Å². The number of fused-ring (bicyclic) bond motifs is 1. The number of hydrogen-bond acceptors (Lipinski definition) is 2. The molecule has 0 aromatic heterocycles. The van der Waals surface area contributed by atoms with Crippen molar-refractivity contribution < 1.29 is 4.84 Å². The maximum atomic E-state index is 5.28. The molecule has 0 bridgehead atoms. The molecule has 0 aliphatic rings. The van der Waals surface area contributed by atoms with Gasteiger partial charge in [-0.3, -0.25) is 4.84 Å². The van der Waals surface area contributed by atoms with Gasteiger partial charge in [-0.1, -0.05) is 36.4 Å². The van der Waals surface area contributed by atoms with Crippen molar-refractivity contribution in [2.24, 2.45) is 5.90 Å². The fraction of sp³-hybridized carbons (Fsp3) is 0.231. The molecule has 0 heterocycles. The first-order chi connectivity index (χ1) is 7.13. The van der Waals surface area contributed by atoms with E-state index in [1.54, 1.807) is 0 Å². The zero-order chi connectivity index (χ0) is 10.9. The highest BCUT2D eigenvalue weighted by atomic mass is 16.6. The summed E-state index contributed by atoms with van der Waals surface area (Å²) in [6, 6.07) is 14.5. The van der Waals surface area contributed by atoms with Gasteiger partial charge in [-0.05, 0) is 36.2 Å². The first-order valence-corrected chi connectivity index (χ1v) is 5.01. The van der Waals surface area contributed by atoms with Gasteiger partial charge in [0.25, 0.3) is 0 Å². The molecule has 2 heteroatoms. The SMILES string of the molecule is CC(C)(ON)c1ccc2ccccc2c1. The van der Waals surface area contributed by atoms with Gasteiger partial charge in [0.1, 0.15) is 5.60 Å². The van der Waals surface area contributed by atoms with E-state index in [-0.39, 0.29) is 0 Å². The maximum Gasteiger partial charge on any atom is 0.109 e. The van der Waals surface area contributed by atoms with Crippen LogP contribution in [0.1, 0.15) is 19.4 Å². The summed E-state index contributed by atoms with van der Waals surface area (Å²) in [5.74, 6) is 5.28. The second-order valence-electron chi connectivity index (χ2n) is 4.19. The van der Waals surface area contributed by atoms with Crippen molar-refractivity contribution in [3.8, 4) is 0 Å². The summed E-state index contributed by atoms with van der Waals surface area (Å²) in [6.45, 7) is 3.91. The molecule has 78 valence electrons. The topological polar surface area (TPSA) is 35.2 Å². The van der Waals surface area contributed by atoms with E-state index < -0.39 is 5.60 Å². The Balaban J connectivity index is 2.56. The van der Waals surface area contributed by atoms with Crippen molar-refractivity contribution in [2.45, 2.75) is 19.4 Å². The minimum atomic E-state index is -0.440. The zero-order valence-corrected chi connectivity index (χ0v) is 9.03. The second-order valence-corrected chi connectivity index (χ2v) is 4.19. The van der Waals surface area contributed by atoms with E-state index in [4.69, 9.17) is 10.7 Å². The molecular weight excluding hydrogens is 186 g/mol. The third kappa shape index (κ3) is 1.87. The molecule has 0 fully saturated rings. The molecule has 0 saturated carbocycles. The molecule has 2 N–H and O–H groups in total. The lowest BCUT2D eigenvalue weighted by atomic mass is 9.95. The van der Waals surface area contributed by atoms with Gasteiger partial charge in [-0.2, -0.15) is 0 Å². The molecule has 0 aliphatic heterocycles. The molecule has 0 saturated heterocycles. The normalized spacial score (nSPS) is 11.9. The molecule has 0 spiro atoms. The Morgan fingerprint density at radius 1 is 1.00 bits per heavy atom. The van der Waals surface area contributed by atoms with E-state index in [9.17, 15) is 0 Å². The van der Waals surface area contributed by atoms with Gasteiger partial charge in [0, 0.05) is 0 Å². The fourth-order valence-corrected chi connectivity index (χ4v) is 1.63. The average molecular weight is 201 g/mol. The summed E-state index contributed by atoms with van der Waals surface area (Å²) >= 11 is 0. The Kier molecular flexibility index (Phi) is 2.47. The lowest BCUT2D eigenvalue weighted by Crippen LogP contribution is -2.25. The Morgan fingerprint density at radius 3 is 2.33 bits per heavy atom. The summed E-state index contributed by atoms with van der Waals surface area (Å²) < 4.78 is 0. The number of rotatable bonds is 2.